The van der Waals surface area contributed by atoms with Crippen LogP contribution in [0.25, 0.3) is 11.0 Å². The third kappa shape index (κ3) is 2.30. The van der Waals surface area contributed by atoms with Crippen LogP contribution in [-0.2, 0) is 9.53 Å². The molecule has 2 heterocycles. The van der Waals surface area contributed by atoms with Gasteiger partial charge in [0.2, 0.25) is 0 Å². The summed E-state index contributed by atoms with van der Waals surface area (Å²) in [7, 11) is 0. The summed E-state index contributed by atoms with van der Waals surface area (Å²) in [4.78, 5) is 22.1. The third-order valence-corrected chi connectivity index (χ3v) is 3.36. The van der Waals surface area contributed by atoms with E-state index in [9.17, 15) is 4.79 Å². The Kier molecular flexibility index (Phi) is 3.23. The van der Waals surface area contributed by atoms with E-state index in [1.807, 2.05) is 36.1 Å². The number of hydrogen-bond donors (Lipinski definition) is 1. The zero-order valence-electron chi connectivity index (χ0n) is 11.1. The van der Waals surface area contributed by atoms with Crippen LogP contribution in [0.3, 0.4) is 0 Å². The summed E-state index contributed by atoms with van der Waals surface area (Å²) in [5.41, 5.74) is 2.46. The van der Waals surface area contributed by atoms with E-state index in [0.29, 0.717) is 19.7 Å². The van der Waals surface area contributed by atoms with E-state index in [4.69, 9.17) is 9.84 Å². The number of aryl methyl sites for hydroxylation is 1. The van der Waals surface area contributed by atoms with Crippen LogP contribution in [0.2, 0.25) is 0 Å². The summed E-state index contributed by atoms with van der Waals surface area (Å²) in [5, 5.41) is 9.06. The zero-order valence-corrected chi connectivity index (χ0v) is 11.1. The Morgan fingerprint density at radius 3 is 2.75 bits per heavy atom. The monoisotopic (exact) mass is 273 g/mol. The topological polar surface area (TPSA) is 75.5 Å². The van der Waals surface area contributed by atoms with Gasteiger partial charge in [0.05, 0.1) is 29.9 Å². The van der Waals surface area contributed by atoms with Crippen molar-refractivity contribution in [2.45, 2.75) is 13.0 Å². The molecule has 104 valence electrons. The number of aliphatic carboxylic acids is 1. The second-order valence-electron chi connectivity index (χ2n) is 4.77. The molecule has 2 aromatic rings. The lowest BCUT2D eigenvalue weighted by molar-refractivity contribution is -0.150. The van der Waals surface area contributed by atoms with Crippen molar-refractivity contribution in [1.29, 1.82) is 0 Å². The number of rotatable bonds is 2. The first-order valence-corrected chi connectivity index (χ1v) is 6.48. The minimum atomic E-state index is -0.943. The van der Waals surface area contributed by atoms with Gasteiger partial charge < -0.3 is 14.7 Å². The number of anilines is 1. The van der Waals surface area contributed by atoms with Gasteiger partial charge in [0.25, 0.3) is 0 Å². The van der Waals surface area contributed by atoms with Crippen molar-refractivity contribution < 1.29 is 14.6 Å². The number of carboxylic acids is 1. The normalized spacial score (nSPS) is 19.2. The maximum absolute atomic E-state index is 11.0. The minimum absolute atomic E-state index is 0.295. The molecule has 1 aliphatic heterocycles. The van der Waals surface area contributed by atoms with Gasteiger partial charge in [-0.2, -0.15) is 0 Å². The van der Waals surface area contributed by atoms with E-state index in [1.165, 1.54) is 0 Å². The molecule has 0 amide bonds. The Bertz CT molecular complexity index is 659. The Morgan fingerprint density at radius 1 is 1.35 bits per heavy atom. The largest absolute Gasteiger partial charge is 0.479 e. The van der Waals surface area contributed by atoms with E-state index in [0.717, 1.165) is 22.5 Å². The number of hydrogen-bond acceptors (Lipinski definition) is 5. The number of carbonyl (C=O) groups is 1. The summed E-state index contributed by atoms with van der Waals surface area (Å²) in [5.74, 6) is -0.209. The highest BCUT2D eigenvalue weighted by Crippen LogP contribution is 2.22. The molecule has 1 aromatic carbocycles. The molecule has 20 heavy (non-hydrogen) atoms. The van der Waals surface area contributed by atoms with Gasteiger partial charge in [-0.1, -0.05) is 12.1 Å². The average Bonchev–Trinajstić information content (AvgIpc) is 2.46. The molecule has 1 saturated heterocycles. The van der Waals surface area contributed by atoms with Crippen LogP contribution in [0.1, 0.15) is 5.69 Å². The van der Waals surface area contributed by atoms with Gasteiger partial charge in [0.1, 0.15) is 0 Å². The molecule has 1 aliphatic rings. The smallest absolute Gasteiger partial charge is 0.334 e. The van der Waals surface area contributed by atoms with Crippen LogP contribution in [0.5, 0.6) is 0 Å². The van der Waals surface area contributed by atoms with Crippen molar-refractivity contribution in [3.8, 4) is 0 Å². The minimum Gasteiger partial charge on any atom is -0.479 e. The molecule has 1 fully saturated rings. The molecular formula is C14H15N3O3. The SMILES string of the molecule is Cc1nc2ccccc2nc1N1CCOC(C(=O)O)C1. The molecule has 1 atom stereocenters. The predicted molar refractivity (Wildman–Crippen MR) is 73.9 cm³/mol. The molecule has 0 aliphatic carbocycles. The van der Waals surface area contributed by atoms with Crippen molar-refractivity contribution >= 4 is 22.8 Å². The van der Waals surface area contributed by atoms with Crippen LogP contribution in [0.4, 0.5) is 5.82 Å². The van der Waals surface area contributed by atoms with E-state index >= 15 is 0 Å². The number of fused-ring (bicyclic) bond motifs is 1. The van der Waals surface area contributed by atoms with E-state index < -0.39 is 12.1 Å². The molecular weight excluding hydrogens is 258 g/mol. The zero-order chi connectivity index (χ0) is 14.1. The van der Waals surface area contributed by atoms with Gasteiger partial charge in [0.15, 0.2) is 11.9 Å². The highest BCUT2D eigenvalue weighted by molar-refractivity contribution is 5.77. The van der Waals surface area contributed by atoms with E-state index in [-0.39, 0.29) is 0 Å². The maximum atomic E-state index is 11.0. The summed E-state index contributed by atoms with van der Waals surface area (Å²) in [6.07, 6.45) is -0.809. The first kappa shape index (κ1) is 12.8. The number of benzene rings is 1. The average molecular weight is 273 g/mol. The second kappa shape index (κ2) is 5.05. The number of morpholine rings is 1. The number of aromatic nitrogens is 2. The molecule has 1 unspecified atom stereocenters. The van der Waals surface area contributed by atoms with Gasteiger partial charge in [-0.15, -0.1) is 0 Å². The van der Waals surface area contributed by atoms with E-state index in [2.05, 4.69) is 9.97 Å². The van der Waals surface area contributed by atoms with Gasteiger partial charge in [-0.3, -0.25) is 0 Å². The Balaban J connectivity index is 1.96. The highest BCUT2D eigenvalue weighted by Gasteiger charge is 2.28. The predicted octanol–water partition coefficient (Wildman–Crippen LogP) is 1.23. The highest BCUT2D eigenvalue weighted by atomic mass is 16.5. The first-order valence-electron chi connectivity index (χ1n) is 6.48. The van der Waals surface area contributed by atoms with Crippen LogP contribution >= 0.6 is 0 Å². The van der Waals surface area contributed by atoms with Gasteiger partial charge in [-0.05, 0) is 19.1 Å². The standard InChI is InChI=1S/C14H15N3O3/c1-9-13(16-11-5-3-2-4-10(11)15-9)17-6-7-20-12(8-17)14(18)19/h2-5,12H,6-8H2,1H3,(H,18,19). The summed E-state index contributed by atoms with van der Waals surface area (Å²) >= 11 is 0. The van der Waals surface area contributed by atoms with Crippen molar-refractivity contribution in [2.24, 2.45) is 0 Å². The number of ether oxygens (including phenoxy) is 1. The van der Waals surface area contributed by atoms with Crippen LogP contribution in [0.15, 0.2) is 24.3 Å². The maximum Gasteiger partial charge on any atom is 0.334 e. The number of nitrogens with zero attached hydrogens (tertiary/aromatic N) is 3. The lowest BCUT2D eigenvalue weighted by Gasteiger charge is -2.32. The molecule has 0 radical (unpaired) electrons. The first-order chi connectivity index (χ1) is 9.65. The summed E-state index contributed by atoms with van der Waals surface area (Å²) < 4.78 is 5.23. The van der Waals surface area contributed by atoms with Crippen LogP contribution in [0, 0.1) is 6.92 Å². The lowest BCUT2D eigenvalue weighted by atomic mass is 10.2. The second-order valence-corrected chi connectivity index (χ2v) is 4.77. The van der Waals surface area contributed by atoms with Gasteiger partial charge >= 0.3 is 5.97 Å². The Hall–Kier alpha value is -2.21. The third-order valence-electron chi connectivity index (χ3n) is 3.36. The Labute approximate surface area is 116 Å². The van der Waals surface area contributed by atoms with Crippen molar-refractivity contribution in [1.82, 2.24) is 9.97 Å². The summed E-state index contributed by atoms with van der Waals surface area (Å²) in [6, 6.07) is 7.65. The van der Waals surface area contributed by atoms with Crippen LogP contribution < -0.4 is 4.90 Å². The fourth-order valence-electron chi connectivity index (χ4n) is 2.37. The van der Waals surface area contributed by atoms with Crippen molar-refractivity contribution in [3.05, 3.63) is 30.0 Å². The Morgan fingerprint density at radius 2 is 2.05 bits per heavy atom. The molecule has 0 spiro atoms. The quantitative estimate of drug-likeness (QED) is 0.887. The van der Waals surface area contributed by atoms with E-state index in [1.54, 1.807) is 0 Å². The van der Waals surface area contributed by atoms with Crippen molar-refractivity contribution in [2.75, 3.05) is 24.6 Å². The van der Waals surface area contributed by atoms with Gasteiger partial charge in [-0.25, -0.2) is 14.8 Å². The summed E-state index contributed by atoms with van der Waals surface area (Å²) in [6.45, 7) is 3.19. The number of carboxylic acid groups (broad SMARTS) is 1. The molecule has 1 aromatic heterocycles. The van der Waals surface area contributed by atoms with Gasteiger partial charge in [0, 0.05) is 6.54 Å². The lowest BCUT2D eigenvalue weighted by Crippen LogP contribution is -2.46. The van der Waals surface area contributed by atoms with Crippen LogP contribution in [-0.4, -0.2) is 46.8 Å². The molecule has 6 nitrogen and oxygen atoms in total. The fraction of sp³-hybridized carbons (Fsp3) is 0.357. The molecule has 3 rings (SSSR count). The fourth-order valence-corrected chi connectivity index (χ4v) is 2.37. The molecule has 1 N–H and O–H groups in total. The molecule has 0 bridgehead atoms. The molecule has 6 heteroatoms. The molecule has 0 saturated carbocycles. The number of para-hydroxylation sites is 2. The van der Waals surface area contributed by atoms with Crippen molar-refractivity contribution in [3.63, 3.8) is 0 Å².